The molecule has 3 aromatic rings. The van der Waals surface area contributed by atoms with E-state index in [1.54, 1.807) is 28.8 Å². The fourth-order valence-corrected chi connectivity index (χ4v) is 4.00. The molecule has 33 heavy (non-hydrogen) atoms. The summed E-state index contributed by atoms with van der Waals surface area (Å²) < 4.78 is 44.0. The van der Waals surface area contributed by atoms with E-state index < -0.39 is 18.1 Å². The molecule has 1 aromatic heterocycles. The maximum atomic E-state index is 12.7. The molecule has 0 bridgehead atoms. The molecule has 0 fully saturated rings. The zero-order valence-corrected chi connectivity index (χ0v) is 17.1. The molecule has 10 heteroatoms. The van der Waals surface area contributed by atoms with Crippen LogP contribution in [0.15, 0.2) is 54.6 Å². The molecule has 0 saturated carbocycles. The van der Waals surface area contributed by atoms with Crippen molar-refractivity contribution in [1.29, 1.82) is 0 Å². The van der Waals surface area contributed by atoms with Gasteiger partial charge in [0.1, 0.15) is 11.4 Å². The van der Waals surface area contributed by atoms with Gasteiger partial charge in [-0.1, -0.05) is 24.3 Å². The number of nitrogens with zero attached hydrogens (tertiary/aromatic N) is 1. The number of alkyl halides is 3. The van der Waals surface area contributed by atoms with Crippen molar-refractivity contribution in [2.24, 2.45) is 0 Å². The van der Waals surface area contributed by atoms with Crippen LogP contribution in [0.2, 0.25) is 0 Å². The van der Waals surface area contributed by atoms with Crippen LogP contribution >= 0.6 is 0 Å². The Morgan fingerprint density at radius 3 is 2.48 bits per heavy atom. The highest BCUT2D eigenvalue weighted by atomic mass is 19.4. The minimum absolute atomic E-state index is 0.0657. The summed E-state index contributed by atoms with van der Waals surface area (Å²) in [7, 11) is 0. The maximum Gasteiger partial charge on any atom is 0.573 e. The lowest BCUT2D eigenvalue weighted by Gasteiger charge is -2.28. The van der Waals surface area contributed by atoms with Crippen LogP contribution in [0.4, 0.5) is 13.2 Å². The lowest BCUT2D eigenvalue weighted by molar-refractivity contribution is -0.274. The van der Waals surface area contributed by atoms with E-state index in [-0.39, 0.29) is 36.4 Å². The lowest BCUT2D eigenvalue weighted by Crippen LogP contribution is -2.39. The number of fused-ring (bicyclic) bond motifs is 1. The summed E-state index contributed by atoms with van der Waals surface area (Å²) in [6, 6.07) is 12.7. The van der Waals surface area contributed by atoms with Gasteiger partial charge in [0.25, 0.3) is 5.91 Å². The first-order valence-electron chi connectivity index (χ1n) is 10.0. The van der Waals surface area contributed by atoms with Gasteiger partial charge in [0.15, 0.2) is 0 Å². The Bertz CT molecular complexity index is 1200. The summed E-state index contributed by atoms with van der Waals surface area (Å²) in [4.78, 5) is 23.9. The smallest absolute Gasteiger partial charge is 0.478 e. The van der Waals surface area contributed by atoms with Crippen LogP contribution in [0.3, 0.4) is 0 Å². The number of aliphatic hydroxyl groups is 1. The first-order valence-corrected chi connectivity index (χ1v) is 10.0. The Morgan fingerprint density at radius 1 is 1.12 bits per heavy atom. The maximum absolute atomic E-state index is 12.7. The van der Waals surface area contributed by atoms with Crippen LogP contribution in [0.1, 0.15) is 33.3 Å². The number of carbonyl (C=O) groups is 2. The summed E-state index contributed by atoms with van der Waals surface area (Å²) in [6.45, 7) is 0.123. The number of nitrogens with one attached hydrogen (secondary N) is 1. The molecule has 0 radical (unpaired) electrons. The van der Waals surface area contributed by atoms with Crippen molar-refractivity contribution >= 4 is 11.9 Å². The SMILES string of the molecule is O=C(O)c1ccc(-c2c(-c3cccc(OC(F)(F)F)c3)cc3n2C(CCO)CNC3=O)cc1. The first kappa shape index (κ1) is 22.4. The predicted octanol–water partition coefficient (Wildman–Crippen LogP) is 4.09. The van der Waals surface area contributed by atoms with E-state index in [1.165, 1.54) is 30.3 Å². The zero-order valence-electron chi connectivity index (χ0n) is 17.1. The van der Waals surface area contributed by atoms with Gasteiger partial charge < -0.3 is 24.8 Å². The average Bonchev–Trinajstić information content (AvgIpc) is 3.17. The Morgan fingerprint density at radius 2 is 1.85 bits per heavy atom. The minimum atomic E-state index is -4.86. The van der Waals surface area contributed by atoms with Crippen LogP contribution in [0, 0.1) is 0 Å². The van der Waals surface area contributed by atoms with Gasteiger partial charge >= 0.3 is 12.3 Å². The number of ether oxygens (including phenoxy) is 1. The normalized spacial score (nSPS) is 15.6. The summed E-state index contributed by atoms with van der Waals surface area (Å²) in [5, 5.41) is 21.5. The number of halogens is 3. The molecule has 1 atom stereocenters. The number of aliphatic hydroxyl groups excluding tert-OH is 1. The monoisotopic (exact) mass is 460 g/mol. The van der Waals surface area contributed by atoms with E-state index in [4.69, 9.17) is 0 Å². The van der Waals surface area contributed by atoms with Gasteiger partial charge in [-0.25, -0.2) is 4.79 Å². The summed E-state index contributed by atoms with van der Waals surface area (Å²) in [5.41, 5.74) is 2.30. The number of carbonyl (C=O) groups excluding carboxylic acids is 1. The minimum Gasteiger partial charge on any atom is -0.478 e. The van der Waals surface area contributed by atoms with Crippen molar-refractivity contribution in [2.45, 2.75) is 18.8 Å². The van der Waals surface area contributed by atoms with Gasteiger partial charge in [-0.3, -0.25) is 4.79 Å². The van der Waals surface area contributed by atoms with Crippen LogP contribution in [-0.4, -0.2) is 46.2 Å². The number of carboxylic acids is 1. The van der Waals surface area contributed by atoms with Crippen LogP contribution < -0.4 is 10.1 Å². The van der Waals surface area contributed by atoms with E-state index in [0.29, 0.717) is 28.8 Å². The number of amides is 1. The molecular formula is C23H19F3N2O5. The molecule has 1 aliphatic rings. The second-order valence-electron chi connectivity index (χ2n) is 7.50. The Labute approximate surface area is 186 Å². The van der Waals surface area contributed by atoms with E-state index >= 15 is 0 Å². The predicted molar refractivity (Wildman–Crippen MR) is 112 cm³/mol. The second kappa shape index (κ2) is 8.62. The van der Waals surface area contributed by atoms with Gasteiger partial charge in [0.05, 0.1) is 17.3 Å². The molecule has 0 aliphatic carbocycles. The number of aromatic carboxylic acids is 1. The zero-order chi connectivity index (χ0) is 23.8. The summed E-state index contributed by atoms with van der Waals surface area (Å²) in [5.74, 6) is -1.87. The van der Waals surface area contributed by atoms with Gasteiger partial charge in [0.2, 0.25) is 0 Å². The fourth-order valence-electron chi connectivity index (χ4n) is 4.00. The molecular weight excluding hydrogens is 441 g/mol. The van der Waals surface area contributed by atoms with E-state index in [1.807, 2.05) is 0 Å². The first-order chi connectivity index (χ1) is 15.7. The summed E-state index contributed by atoms with van der Waals surface area (Å²) in [6.07, 6.45) is -4.53. The molecule has 7 nitrogen and oxygen atoms in total. The van der Waals surface area contributed by atoms with E-state index in [0.717, 1.165) is 0 Å². The number of carboxylic acid groups (broad SMARTS) is 1. The lowest BCUT2D eigenvalue weighted by atomic mass is 9.99. The Balaban J connectivity index is 1.92. The second-order valence-corrected chi connectivity index (χ2v) is 7.50. The van der Waals surface area contributed by atoms with Gasteiger partial charge in [-0.05, 0) is 47.9 Å². The number of aromatic nitrogens is 1. The number of hydrogen-bond donors (Lipinski definition) is 3. The van der Waals surface area contributed by atoms with Crippen LogP contribution in [0.25, 0.3) is 22.4 Å². The molecule has 3 N–H and O–H groups in total. The number of hydrogen-bond acceptors (Lipinski definition) is 4. The molecule has 0 spiro atoms. The average molecular weight is 460 g/mol. The van der Waals surface area contributed by atoms with Crippen LogP contribution in [0.5, 0.6) is 5.75 Å². The molecule has 2 heterocycles. The summed E-state index contributed by atoms with van der Waals surface area (Å²) >= 11 is 0. The molecule has 1 aliphatic heterocycles. The molecule has 172 valence electrons. The van der Waals surface area contributed by atoms with Crippen molar-refractivity contribution in [2.75, 3.05) is 13.2 Å². The van der Waals surface area contributed by atoms with Gasteiger partial charge in [0, 0.05) is 18.7 Å². The molecule has 2 aromatic carbocycles. The van der Waals surface area contributed by atoms with Crippen molar-refractivity contribution in [1.82, 2.24) is 9.88 Å². The third-order valence-corrected chi connectivity index (χ3v) is 5.38. The molecule has 4 rings (SSSR count). The van der Waals surface area contributed by atoms with Crippen molar-refractivity contribution in [3.05, 3.63) is 65.9 Å². The van der Waals surface area contributed by atoms with Crippen molar-refractivity contribution in [3.8, 4) is 28.1 Å². The van der Waals surface area contributed by atoms with Gasteiger partial charge in [-0.2, -0.15) is 0 Å². The standard InChI is InChI=1S/C23H19F3N2O5/c24-23(25,26)33-17-3-1-2-15(10-17)18-11-19-21(30)27-12-16(8-9-29)28(19)20(18)13-4-6-14(7-5-13)22(31)32/h1-7,10-11,16,29H,8-9,12H2,(H,27,30)(H,31,32). The van der Waals surface area contributed by atoms with Crippen LogP contribution in [-0.2, 0) is 0 Å². The Kier molecular flexibility index (Phi) is 5.86. The Hall–Kier alpha value is -3.79. The largest absolute Gasteiger partial charge is 0.573 e. The molecule has 1 amide bonds. The number of rotatable bonds is 6. The third kappa shape index (κ3) is 4.56. The molecule has 1 unspecified atom stereocenters. The quantitative estimate of drug-likeness (QED) is 0.515. The van der Waals surface area contributed by atoms with Crippen molar-refractivity contribution in [3.63, 3.8) is 0 Å². The fraction of sp³-hybridized carbons (Fsp3) is 0.217. The highest BCUT2D eigenvalue weighted by Gasteiger charge is 2.33. The third-order valence-electron chi connectivity index (χ3n) is 5.38. The van der Waals surface area contributed by atoms with E-state index in [2.05, 4.69) is 10.1 Å². The highest BCUT2D eigenvalue weighted by Crippen LogP contribution is 2.40. The topological polar surface area (TPSA) is 101 Å². The number of benzene rings is 2. The highest BCUT2D eigenvalue weighted by molar-refractivity contribution is 5.99. The molecule has 0 saturated heterocycles. The van der Waals surface area contributed by atoms with Crippen molar-refractivity contribution < 1.29 is 37.7 Å². The van der Waals surface area contributed by atoms with E-state index in [9.17, 15) is 33.0 Å². The van der Waals surface area contributed by atoms with Gasteiger partial charge in [-0.15, -0.1) is 13.2 Å².